The monoisotopic (exact) mass is 680 g/mol. The van der Waals surface area contributed by atoms with E-state index in [4.69, 9.17) is 24.0 Å². The van der Waals surface area contributed by atoms with Gasteiger partial charge in [-0.3, -0.25) is 4.68 Å². The van der Waals surface area contributed by atoms with E-state index in [9.17, 15) is 0 Å². The number of alkyl halides is 2. The van der Waals surface area contributed by atoms with Crippen molar-refractivity contribution in [1.29, 1.82) is 0 Å². The molecule has 8 heteroatoms. The molecule has 1 aliphatic carbocycles. The highest BCUT2D eigenvalue weighted by atomic mass is 19.3. The number of aromatic nitrogens is 2. The van der Waals surface area contributed by atoms with E-state index in [0.717, 1.165) is 39.3 Å². The summed E-state index contributed by atoms with van der Waals surface area (Å²) in [6, 6.07) is 37.3. The summed E-state index contributed by atoms with van der Waals surface area (Å²) in [6.07, 6.45) is -1.20. The lowest BCUT2D eigenvalue weighted by atomic mass is 9.82. The Balaban J connectivity index is 1.20. The Morgan fingerprint density at radius 1 is 0.740 bits per heavy atom. The molecule has 5 aromatic rings. The van der Waals surface area contributed by atoms with Crippen LogP contribution >= 0.6 is 0 Å². The lowest BCUT2D eigenvalue weighted by Crippen LogP contribution is -2.53. The molecule has 0 N–H and O–H groups in total. The zero-order valence-electron chi connectivity index (χ0n) is 29.0. The molecule has 0 amide bonds. The maximum absolute atomic E-state index is 16.4. The number of ether oxygens (including phenoxy) is 4. The van der Waals surface area contributed by atoms with E-state index in [1.807, 2.05) is 141 Å². The van der Waals surface area contributed by atoms with Gasteiger partial charge in [-0.1, -0.05) is 103 Å². The van der Waals surface area contributed by atoms with Crippen LogP contribution in [0, 0.1) is 12.8 Å². The van der Waals surface area contributed by atoms with E-state index < -0.39 is 24.0 Å². The summed E-state index contributed by atoms with van der Waals surface area (Å²) in [6.45, 7) is 6.97. The Morgan fingerprint density at radius 3 is 1.92 bits per heavy atom. The minimum absolute atomic E-state index is 0.0211. The first-order valence-electron chi connectivity index (χ1n) is 17.4. The van der Waals surface area contributed by atoms with Crippen LogP contribution in [-0.2, 0) is 35.7 Å². The molecule has 0 spiro atoms. The third-order valence-corrected chi connectivity index (χ3v) is 9.29. The van der Waals surface area contributed by atoms with E-state index in [0.29, 0.717) is 19.6 Å². The molecule has 0 radical (unpaired) electrons. The summed E-state index contributed by atoms with van der Waals surface area (Å²) in [7, 11) is 0. The number of hydrogen-bond acceptors (Lipinski definition) is 5. The maximum Gasteiger partial charge on any atom is 0.289 e. The van der Waals surface area contributed by atoms with Crippen molar-refractivity contribution in [2.75, 3.05) is 6.61 Å². The Kier molecular flexibility index (Phi) is 11.6. The van der Waals surface area contributed by atoms with E-state index in [-0.39, 0.29) is 38.0 Å². The normalized spacial score (nSPS) is 18.6. The molecule has 1 aliphatic rings. The first-order chi connectivity index (χ1) is 24.3. The van der Waals surface area contributed by atoms with E-state index >= 15 is 8.78 Å². The number of benzene rings is 4. The van der Waals surface area contributed by atoms with Crippen molar-refractivity contribution in [2.45, 2.75) is 84.0 Å². The fourth-order valence-electron chi connectivity index (χ4n) is 6.46. The molecule has 0 aliphatic heterocycles. The number of rotatable bonds is 15. The van der Waals surface area contributed by atoms with Gasteiger partial charge in [-0.2, -0.15) is 0 Å². The van der Waals surface area contributed by atoms with E-state index in [1.165, 1.54) is 0 Å². The Bertz CT molecular complexity index is 1760. The molecular weight excluding hydrogens is 634 g/mol. The van der Waals surface area contributed by atoms with Crippen molar-refractivity contribution in [1.82, 2.24) is 9.78 Å². The Labute approximate surface area is 294 Å². The lowest BCUT2D eigenvalue weighted by Gasteiger charge is -2.41. The highest BCUT2D eigenvalue weighted by Crippen LogP contribution is 2.43. The van der Waals surface area contributed by atoms with Gasteiger partial charge in [-0.05, 0) is 61.6 Å². The molecule has 3 atom stereocenters. The average molecular weight is 681 g/mol. The first kappa shape index (κ1) is 35.3. The van der Waals surface area contributed by atoms with Crippen LogP contribution in [0.3, 0.4) is 0 Å². The van der Waals surface area contributed by atoms with Crippen molar-refractivity contribution in [3.8, 4) is 11.6 Å². The lowest BCUT2D eigenvalue weighted by molar-refractivity contribution is -0.201. The quantitative estimate of drug-likeness (QED) is 0.110. The van der Waals surface area contributed by atoms with Crippen molar-refractivity contribution < 1.29 is 27.7 Å². The molecule has 4 aromatic carbocycles. The molecule has 6 rings (SSSR count). The first-order valence-corrected chi connectivity index (χ1v) is 17.4. The molecule has 262 valence electrons. The molecule has 1 heterocycles. The zero-order valence-corrected chi connectivity index (χ0v) is 29.0. The van der Waals surface area contributed by atoms with Gasteiger partial charge in [0.05, 0.1) is 31.8 Å². The standard InChI is InChI=1S/C42H46F2N2O4/c1-30(2)46-31(3)39(23-32-19-21-37(22-20-32)48-27-34-15-9-5-10-16-34)41(45-46)50-40-25-38(49-28-35-17-11-6-12-18-35)24-36(42(40,43)44)29-47-26-33-13-7-4-8-14-33/h4-22,30,36,38,40H,23-29H2,1-3H3. The smallest absolute Gasteiger partial charge is 0.289 e. The van der Waals surface area contributed by atoms with Gasteiger partial charge in [0.1, 0.15) is 12.4 Å². The fraction of sp³-hybridized carbons (Fsp3) is 0.357. The van der Waals surface area contributed by atoms with Crippen molar-refractivity contribution in [2.24, 2.45) is 5.92 Å². The summed E-state index contributed by atoms with van der Waals surface area (Å²) in [5.41, 5.74) is 5.69. The van der Waals surface area contributed by atoms with Gasteiger partial charge in [-0.15, -0.1) is 5.10 Å². The van der Waals surface area contributed by atoms with Gasteiger partial charge >= 0.3 is 0 Å². The van der Waals surface area contributed by atoms with E-state index in [1.54, 1.807) is 0 Å². The van der Waals surface area contributed by atoms with Crippen LogP contribution < -0.4 is 9.47 Å². The number of nitrogens with zero attached hydrogens (tertiary/aromatic N) is 2. The van der Waals surface area contributed by atoms with Crippen LogP contribution in [0.15, 0.2) is 115 Å². The molecular formula is C42H46F2N2O4. The van der Waals surface area contributed by atoms with Crippen LogP contribution in [0.25, 0.3) is 0 Å². The maximum atomic E-state index is 16.4. The van der Waals surface area contributed by atoms with Crippen molar-refractivity contribution in [3.05, 3.63) is 149 Å². The Hall–Kier alpha value is -4.53. The van der Waals surface area contributed by atoms with Gasteiger partial charge < -0.3 is 18.9 Å². The number of hydrogen-bond donors (Lipinski definition) is 0. The summed E-state index contributed by atoms with van der Waals surface area (Å²) >= 11 is 0. The molecule has 50 heavy (non-hydrogen) atoms. The molecule has 3 unspecified atom stereocenters. The largest absolute Gasteiger partial charge is 0.489 e. The summed E-state index contributed by atoms with van der Waals surface area (Å²) in [5.74, 6) is -3.27. The molecule has 0 bridgehead atoms. The van der Waals surface area contributed by atoms with Gasteiger partial charge in [0, 0.05) is 30.1 Å². The van der Waals surface area contributed by atoms with Crippen LogP contribution in [-0.4, -0.2) is 34.5 Å². The van der Waals surface area contributed by atoms with Gasteiger partial charge in [0.15, 0.2) is 6.10 Å². The van der Waals surface area contributed by atoms with Gasteiger partial charge in [0.2, 0.25) is 5.88 Å². The third kappa shape index (κ3) is 8.97. The second-order valence-electron chi connectivity index (χ2n) is 13.4. The molecule has 0 saturated heterocycles. The second kappa shape index (κ2) is 16.5. The SMILES string of the molecule is Cc1c(Cc2ccc(OCc3ccccc3)cc2)c(OC2CC(OCc3ccccc3)CC(COCc3ccccc3)C2(F)F)nn1C(C)C. The predicted molar refractivity (Wildman–Crippen MR) is 191 cm³/mol. The minimum atomic E-state index is -3.17. The summed E-state index contributed by atoms with van der Waals surface area (Å²) < 4.78 is 59.2. The van der Waals surface area contributed by atoms with Crippen LogP contribution in [0.1, 0.15) is 66.2 Å². The third-order valence-electron chi connectivity index (χ3n) is 9.29. The summed E-state index contributed by atoms with van der Waals surface area (Å²) in [4.78, 5) is 0. The highest BCUT2D eigenvalue weighted by Gasteiger charge is 2.54. The van der Waals surface area contributed by atoms with Crippen molar-refractivity contribution in [3.63, 3.8) is 0 Å². The van der Waals surface area contributed by atoms with Crippen molar-refractivity contribution >= 4 is 0 Å². The van der Waals surface area contributed by atoms with Crippen LogP contribution in [0.2, 0.25) is 0 Å². The predicted octanol–water partition coefficient (Wildman–Crippen LogP) is 9.54. The average Bonchev–Trinajstić information content (AvgIpc) is 3.44. The van der Waals surface area contributed by atoms with Gasteiger partial charge in [0.25, 0.3) is 5.92 Å². The second-order valence-corrected chi connectivity index (χ2v) is 13.4. The zero-order chi connectivity index (χ0) is 34.9. The van der Waals surface area contributed by atoms with Gasteiger partial charge in [-0.25, -0.2) is 8.78 Å². The molecule has 1 saturated carbocycles. The number of halogens is 2. The molecule has 1 fully saturated rings. The minimum Gasteiger partial charge on any atom is -0.489 e. The highest BCUT2D eigenvalue weighted by molar-refractivity contribution is 5.38. The van der Waals surface area contributed by atoms with Crippen LogP contribution in [0.4, 0.5) is 8.78 Å². The Morgan fingerprint density at radius 2 is 1.32 bits per heavy atom. The molecule has 6 nitrogen and oxygen atoms in total. The van der Waals surface area contributed by atoms with E-state index in [2.05, 4.69) is 0 Å². The van der Waals surface area contributed by atoms with Crippen LogP contribution in [0.5, 0.6) is 11.6 Å². The summed E-state index contributed by atoms with van der Waals surface area (Å²) in [5, 5.41) is 4.76. The fourth-order valence-corrected chi connectivity index (χ4v) is 6.46. The molecule has 1 aromatic heterocycles. The topological polar surface area (TPSA) is 54.7 Å².